The van der Waals surface area contributed by atoms with E-state index in [4.69, 9.17) is 5.11 Å². The van der Waals surface area contributed by atoms with Gasteiger partial charge in [-0.2, -0.15) is 0 Å². The Labute approximate surface area is 113 Å². The fourth-order valence-corrected chi connectivity index (χ4v) is 2.47. The molecule has 0 amide bonds. The van der Waals surface area contributed by atoms with Crippen LogP contribution in [0, 0.1) is 11.3 Å². The minimum atomic E-state index is -0.815. The summed E-state index contributed by atoms with van der Waals surface area (Å²) in [6.45, 7) is 6.07. The third-order valence-corrected chi connectivity index (χ3v) is 3.92. The van der Waals surface area contributed by atoms with Gasteiger partial charge in [-0.3, -0.25) is 4.79 Å². The fraction of sp³-hybridized carbons (Fsp3) is 0.846. The van der Waals surface area contributed by atoms with Gasteiger partial charge in [-0.05, 0) is 21.8 Å². The van der Waals surface area contributed by atoms with E-state index in [9.17, 15) is 4.79 Å². The van der Waals surface area contributed by atoms with E-state index in [0.29, 0.717) is 5.92 Å². The lowest BCUT2D eigenvalue weighted by molar-refractivity contribution is -0.138. The molecule has 6 heteroatoms. The summed E-state index contributed by atoms with van der Waals surface area (Å²) in [5, 5.41) is 21.0. The molecular formula is C13H22N4O2. The van der Waals surface area contributed by atoms with Crippen molar-refractivity contribution in [1.82, 2.24) is 20.2 Å². The Bertz CT molecular complexity index is 446. The van der Waals surface area contributed by atoms with Gasteiger partial charge in [-0.25, -0.2) is 4.68 Å². The van der Waals surface area contributed by atoms with Gasteiger partial charge >= 0.3 is 5.97 Å². The lowest BCUT2D eigenvalue weighted by atomic mass is 9.82. The average Bonchev–Trinajstić information content (AvgIpc) is 2.66. The largest absolute Gasteiger partial charge is 0.481 e. The Hall–Kier alpha value is -1.46. The first-order valence-corrected chi connectivity index (χ1v) is 6.86. The predicted molar refractivity (Wildman–Crippen MR) is 69.6 cm³/mol. The van der Waals surface area contributed by atoms with E-state index in [-0.39, 0.29) is 17.9 Å². The molecule has 0 spiro atoms. The number of carbonyl (C=O) groups is 1. The van der Waals surface area contributed by atoms with E-state index < -0.39 is 5.97 Å². The Morgan fingerprint density at radius 3 is 2.63 bits per heavy atom. The Morgan fingerprint density at radius 2 is 2.16 bits per heavy atom. The highest BCUT2D eigenvalue weighted by Gasteiger charge is 2.32. The second-order valence-corrected chi connectivity index (χ2v) is 6.52. The van der Waals surface area contributed by atoms with Crippen molar-refractivity contribution < 1.29 is 9.90 Å². The molecule has 1 unspecified atom stereocenters. The predicted octanol–water partition coefficient (Wildman–Crippen LogP) is 2.08. The molecular weight excluding hydrogens is 244 g/mol. The molecule has 1 aliphatic rings. The number of carboxylic acids is 1. The van der Waals surface area contributed by atoms with Gasteiger partial charge in [-0.15, -0.1) is 5.10 Å². The van der Waals surface area contributed by atoms with Crippen molar-refractivity contribution in [2.24, 2.45) is 11.3 Å². The topological polar surface area (TPSA) is 80.9 Å². The summed E-state index contributed by atoms with van der Waals surface area (Å²) >= 11 is 0. The smallest absolute Gasteiger partial charge is 0.305 e. The summed E-state index contributed by atoms with van der Waals surface area (Å²) in [7, 11) is 0. The molecule has 0 aliphatic heterocycles. The lowest BCUT2D eigenvalue weighted by Gasteiger charge is -2.31. The molecule has 0 bridgehead atoms. The molecule has 0 saturated heterocycles. The van der Waals surface area contributed by atoms with Crippen molar-refractivity contribution in [3.63, 3.8) is 0 Å². The van der Waals surface area contributed by atoms with Crippen molar-refractivity contribution in [3.05, 3.63) is 5.82 Å². The maximum absolute atomic E-state index is 11.1. The van der Waals surface area contributed by atoms with Crippen molar-refractivity contribution in [2.45, 2.75) is 58.9 Å². The molecule has 1 aromatic heterocycles. The van der Waals surface area contributed by atoms with Crippen LogP contribution in [0.25, 0.3) is 0 Å². The van der Waals surface area contributed by atoms with E-state index in [0.717, 1.165) is 12.2 Å². The molecule has 1 heterocycles. The van der Waals surface area contributed by atoms with Crippen LogP contribution in [0.3, 0.4) is 0 Å². The van der Waals surface area contributed by atoms with Crippen LogP contribution < -0.4 is 0 Å². The maximum atomic E-state index is 11.1. The van der Waals surface area contributed by atoms with E-state index in [1.165, 1.54) is 19.3 Å². The van der Waals surface area contributed by atoms with Gasteiger partial charge in [0.2, 0.25) is 0 Å². The molecule has 1 N–H and O–H groups in total. The van der Waals surface area contributed by atoms with Crippen LogP contribution in [0.1, 0.15) is 58.3 Å². The number of rotatable bonds is 5. The van der Waals surface area contributed by atoms with E-state index in [1.807, 2.05) is 20.8 Å². The monoisotopic (exact) mass is 266 g/mol. The van der Waals surface area contributed by atoms with Gasteiger partial charge in [0.25, 0.3) is 0 Å². The van der Waals surface area contributed by atoms with Crippen molar-refractivity contribution >= 4 is 5.97 Å². The zero-order valence-corrected chi connectivity index (χ0v) is 11.8. The summed E-state index contributed by atoms with van der Waals surface area (Å²) in [6, 6.07) is -0.213. The zero-order chi connectivity index (χ0) is 14.0. The Kier molecular flexibility index (Phi) is 3.87. The molecule has 6 nitrogen and oxygen atoms in total. The molecule has 19 heavy (non-hydrogen) atoms. The minimum absolute atomic E-state index is 0.0478. The first-order chi connectivity index (χ1) is 8.88. The third kappa shape index (κ3) is 3.30. The Balaban J connectivity index is 2.20. The number of aromatic nitrogens is 4. The maximum Gasteiger partial charge on any atom is 0.305 e. The number of carboxylic acid groups (broad SMARTS) is 1. The molecule has 0 aromatic carbocycles. The second-order valence-electron chi connectivity index (χ2n) is 6.52. The second kappa shape index (κ2) is 5.27. The minimum Gasteiger partial charge on any atom is -0.481 e. The molecule has 2 rings (SSSR count). The molecule has 1 aromatic rings. The quantitative estimate of drug-likeness (QED) is 0.882. The molecule has 1 atom stereocenters. The lowest BCUT2D eigenvalue weighted by Crippen LogP contribution is -2.30. The van der Waals surface area contributed by atoms with Gasteiger partial charge in [0.15, 0.2) is 5.82 Å². The normalized spacial score (nSPS) is 18.1. The highest BCUT2D eigenvalue weighted by atomic mass is 16.4. The Morgan fingerprint density at radius 1 is 1.47 bits per heavy atom. The van der Waals surface area contributed by atoms with Crippen molar-refractivity contribution in [2.75, 3.05) is 0 Å². The van der Waals surface area contributed by atoms with Crippen LogP contribution in [0.15, 0.2) is 0 Å². The van der Waals surface area contributed by atoms with E-state index in [2.05, 4.69) is 15.5 Å². The van der Waals surface area contributed by atoms with E-state index in [1.54, 1.807) is 4.68 Å². The number of hydrogen-bond acceptors (Lipinski definition) is 4. The number of hydrogen-bond donors (Lipinski definition) is 1. The van der Waals surface area contributed by atoms with Crippen LogP contribution in [0.5, 0.6) is 0 Å². The zero-order valence-electron chi connectivity index (χ0n) is 11.8. The SMILES string of the molecule is CC(C)(C)C(CC(=O)O)n1nnnc1CC1CCC1. The summed E-state index contributed by atoms with van der Waals surface area (Å²) < 4.78 is 1.73. The number of aliphatic carboxylic acids is 1. The van der Waals surface area contributed by atoms with Gasteiger partial charge in [0.05, 0.1) is 12.5 Å². The fourth-order valence-electron chi connectivity index (χ4n) is 2.47. The molecule has 1 fully saturated rings. The summed E-state index contributed by atoms with van der Waals surface area (Å²) in [6.07, 6.45) is 4.65. The van der Waals surface area contributed by atoms with Crippen molar-refractivity contribution in [3.8, 4) is 0 Å². The van der Waals surface area contributed by atoms with Gasteiger partial charge < -0.3 is 5.11 Å². The summed E-state index contributed by atoms with van der Waals surface area (Å²) in [5.41, 5.74) is -0.192. The number of tetrazole rings is 1. The van der Waals surface area contributed by atoms with Crippen LogP contribution in [0.2, 0.25) is 0 Å². The molecule has 0 radical (unpaired) electrons. The standard InChI is InChI=1S/C13H22N4O2/c1-13(2,3)10(8-12(18)19)17-11(14-15-16-17)7-9-5-4-6-9/h9-10H,4-8H2,1-3H3,(H,18,19). The highest BCUT2D eigenvalue weighted by Crippen LogP contribution is 2.35. The van der Waals surface area contributed by atoms with Gasteiger partial charge in [-0.1, -0.05) is 40.0 Å². The van der Waals surface area contributed by atoms with Crippen molar-refractivity contribution in [1.29, 1.82) is 0 Å². The first-order valence-electron chi connectivity index (χ1n) is 6.86. The summed E-state index contributed by atoms with van der Waals surface area (Å²) in [4.78, 5) is 11.1. The molecule has 1 saturated carbocycles. The molecule has 1 aliphatic carbocycles. The van der Waals surface area contributed by atoms with Gasteiger partial charge in [0.1, 0.15) is 0 Å². The van der Waals surface area contributed by atoms with Crippen LogP contribution in [-0.2, 0) is 11.2 Å². The van der Waals surface area contributed by atoms with Crippen LogP contribution in [0.4, 0.5) is 0 Å². The third-order valence-electron chi connectivity index (χ3n) is 3.92. The van der Waals surface area contributed by atoms with Gasteiger partial charge in [0, 0.05) is 6.42 Å². The van der Waals surface area contributed by atoms with E-state index >= 15 is 0 Å². The van der Waals surface area contributed by atoms with Crippen LogP contribution >= 0.6 is 0 Å². The molecule has 106 valence electrons. The first kappa shape index (κ1) is 14.0. The van der Waals surface area contributed by atoms with Crippen LogP contribution in [-0.4, -0.2) is 31.3 Å². The number of nitrogens with zero attached hydrogens (tertiary/aromatic N) is 4. The average molecular weight is 266 g/mol. The summed E-state index contributed by atoms with van der Waals surface area (Å²) in [5.74, 6) is 0.672. The highest BCUT2D eigenvalue weighted by molar-refractivity contribution is 5.67.